The SMILES string of the molecule is CCCCCC/C=C\CCCCCCCCCC(=O)OCC(COC(=O)CCCCCCC\C=C/C=C\C=C/CCCCCCC)OC(=O)CCCCCCCCCCCCCCCCCC. The Kier molecular flexibility index (Phi) is 53.8. The second-order valence-electron chi connectivity index (χ2n) is 19.6. The molecule has 0 heterocycles. The normalized spacial score (nSPS) is 12.3. The summed E-state index contributed by atoms with van der Waals surface area (Å²) in [6.45, 7) is 6.63. The third-order valence-corrected chi connectivity index (χ3v) is 12.9. The molecule has 0 saturated heterocycles. The summed E-state index contributed by atoms with van der Waals surface area (Å²) < 4.78 is 16.9. The molecule has 0 amide bonds. The van der Waals surface area contributed by atoms with Crippen molar-refractivity contribution in [3.63, 3.8) is 0 Å². The molecular formula is C61H110O6. The van der Waals surface area contributed by atoms with E-state index in [2.05, 4.69) is 69.4 Å². The minimum absolute atomic E-state index is 0.0792. The second-order valence-corrected chi connectivity index (χ2v) is 19.6. The summed E-state index contributed by atoms with van der Waals surface area (Å²) in [5, 5.41) is 0. The van der Waals surface area contributed by atoms with Crippen molar-refractivity contribution in [2.45, 2.75) is 309 Å². The second kappa shape index (κ2) is 56.0. The number of hydrogen-bond acceptors (Lipinski definition) is 6. The molecule has 0 rings (SSSR count). The Morgan fingerprint density at radius 2 is 0.552 bits per heavy atom. The van der Waals surface area contributed by atoms with Crippen LogP contribution >= 0.6 is 0 Å². The van der Waals surface area contributed by atoms with E-state index >= 15 is 0 Å². The minimum Gasteiger partial charge on any atom is -0.462 e. The predicted octanol–water partition coefficient (Wildman–Crippen LogP) is 19.4. The van der Waals surface area contributed by atoms with Gasteiger partial charge in [-0.1, -0.05) is 262 Å². The average Bonchev–Trinajstić information content (AvgIpc) is 3.33. The highest BCUT2D eigenvalue weighted by Gasteiger charge is 2.19. The van der Waals surface area contributed by atoms with Gasteiger partial charge in [-0.15, -0.1) is 0 Å². The van der Waals surface area contributed by atoms with Gasteiger partial charge in [0.2, 0.25) is 0 Å². The molecule has 0 saturated carbocycles. The first-order chi connectivity index (χ1) is 33.0. The molecule has 390 valence electrons. The lowest BCUT2D eigenvalue weighted by molar-refractivity contribution is -0.167. The van der Waals surface area contributed by atoms with Gasteiger partial charge in [0.05, 0.1) is 0 Å². The van der Waals surface area contributed by atoms with Crippen molar-refractivity contribution in [1.29, 1.82) is 0 Å². The van der Waals surface area contributed by atoms with Crippen LogP contribution < -0.4 is 0 Å². The Bertz CT molecular complexity index is 1170. The predicted molar refractivity (Wildman–Crippen MR) is 289 cm³/mol. The monoisotopic (exact) mass is 939 g/mol. The van der Waals surface area contributed by atoms with Crippen LogP contribution in [0.25, 0.3) is 0 Å². The van der Waals surface area contributed by atoms with Gasteiger partial charge in [0, 0.05) is 19.3 Å². The lowest BCUT2D eigenvalue weighted by Gasteiger charge is -2.18. The van der Waals surface area contributed by atoms with Gasteiger partial charge in [-0.05, 0) is 70.6 Å². The zero-order valence-electron chi connectivity index (χ0n) is 44.7. The fraction of sp³-hybridized carbons (Fsp3) is 0.820. The zero-order valence-corrected chi connectivity index (χ0v) is 44.7. The summed E-state index contributed by atoms with van der Waals surface area (Å²) in [4.78, 5) is 38.2. The third kappa shape index (κ3) is 54.2. The number of carbonyl (C=O) groups excluding carboxylic acids is 3. The molecular weight excluding hydrogens is 829 g/mol. The highest BCUT2D eigenvalue weighted by Crippen LogP contribution is 2.16. The van der Waals surface area contributed by atoms with Crippen molar-refractivity contribution in [3.05, 3.63) is 48.6 Å². The molecule has 0 aliphatic carbocycles. The van der Waals surface area contributed by atoms with Gasteiger partial charge in [0.1, 0.15) is 13.2 Å². The van der Waals surface area contributed by atoms with Crippen LogP contribution in [0, 0.1) is 0 Å². The Morgan fingerprint density at radius 1 is 0.299 bits per heavy atom. The molecule has 0 aromatic rings. The summed E-state index contributed by atoms with van der Waals surface area (Å²) in [7, 11) is 0. The van der Waals surface area contributed by atoms with E-state index in [0.29, 0.717) is 19.3 Å². The Balaban J connectivity index is 4.39. The molecule has 0 radical (unpaired) electrons. The summed E-state index contributed by atoms with van der Waals surface area (Å²) in [6.07, 6.45) is 68.1. The zero-order chi connectivity index (χ0) is 48.6. The van der Waals surface area contributed by atoms with E-state index in [-0.39, 0.29) is 31.1 Å². The van der Waals surface area contributed by atoms with Crippen molar-refractivity contribution in [2.75, 3.05) is 13.2 Å². The summed E-state index contributed by atoms with van der Waals surface area (Å²) in [5.74, 6) is -0.888. The van der Waals surface area contributed by atoms with Crippen LogP contribution in [0.15, 0.2) is 48.6 Å². The number of ether oxygens (including phenoxy) is 3. The maximum absolute atomic E-state index is 12.9. The van der Waals surface area contributed by atoms with Crippen LogP contribution in [-0.2, 0) is 28.6 Å². The van der Waals surface area contributed by atoms with Crippen molar-refractivity contribution < 1.29 is 28.6 Å². The highest BCUT2D eigenvalue weighted by atomic mass is 16.6. The molecule has 0 aliphatic rings. The van der Waals surface area contributed by atoms with Gasteiger partial charge in [0.15, 0.2) is 6.10 Å². The van der Waals surface area contributed by atoms with E-state index in [1.54, 1.807) is 0 Å². The number of carbonyl (C=O) groups is 3. The number of hydrogen-bond donors (Lipinski definition) is 0. The van der Waals surface area contributed by atoms with Gasteiger partial charge in [-0.25, -0.2) is 0 Å². The molecule has 0 fully saturated rings. The molecule has 0 N–H and O–H groups in total. The molecule has 0 aliphatic heterocycles. The Morgan fingerprint density at radius 3 is 0.881 bits per heavy atom. The number of rotatable bonds is 53. The standard InChI is InChI=1S/C61H110O6/c1-4-7-10-13-16-19-22-25-28-30-31-34-36-39-42-45-48-51-54-60(63)66-57-58(56-65-59(62)53-50-47-44-41-38-35-32-27-24-21-18-15-12-9-6-3)67-61(64)55-52-49-46-43-40-37-33-29-26-23-20-17-14-11-8-5-2/h21-22,24-25,28,30-31,34,58H,4-20,23,26-27,29,32-33,35-57H2,1-3H3/b24-21-,25-22-,30-28-,34-31-. The molecule has 67 heavy (non-hydrogen) atoms. The maximum Gasteiger partial charge on any atom is 0.306 e. The van der Waals surface area contributed by atoms with E-state index < -0.39 is 6.10 Å². The Labute approximate surface area is 416 Å². The smallest absolute Gasteiger partial charge is 0.306 e. The molecule has 0 bridgehead atoms. The largest absolute Gasteiger partial charge is 0.462 e. The van der Waals surface area contributed by atoms with E-state index in [1.807, 2.05) is 0 Å². The topological polar surface area (TPSA) is 78.9 Å². The van der Waals surface area contributed by atoms with Gasteiger partial charge >= 0.3 is 17.9 Å². The molecule has 0 aromatic carbocycles. The fourth-order valence-corrected chi connectivity index (χ4v) is 8.44. The molecule has 6 nitrogen and oxygen atoms in total. The first-order valence-electron chi connectivity index (χ1n) is 29.2. The Hall–Kier alpha value is -2.63. The minimum atomic E-state index is -0.781. The van der Waals surface area contributed by atoms with Gasteiger partial charge in [-0.2, -0.15) is 0 Å². The third-order valence-electron chi connectivity index (χ3n) is 12.9. The number of unbranched alkanes of at least 4 members (excludes halogenated alkanes) is 36. The van der Waals surface area contributed by atoms with Gasteiger partial charge < -0.3 is 14.2 Å². The fourth-order valence-electron chi connectivity index (χ4n) is 8.44. The summed E-state index contributed by atoms with van der Waals surface area (Å²) in [6, 6.07) is 0. The van der Waals surface area contributed by atoms with Crippen molar-refractivity contribution in [2.24, 2.45) is 0 Å². The van der Waals surface area contributed by atoms with E-state index in [4.69, 9.17) is 14.2 Å². The quantitative estimate of drug-likeness (QED) is 0.0199. The maximum atomic E-state index is 12.9. The molecule has 0 aromatic heterocycles. The van der Waals surface area contributed by atoms with Crippen molar-refractivity contribution in [1.82, 2.24) is 0 Å². The van der Waals surface area contributed by atoms with Crippen LogP contribution in [0.3, 0.4) is 0 Å². The van der Waals surface area contributed by atoms with E-state index in [0.717, 1.165) is 77.0 Å². The van der Waals surface area contributed by atoms with Crippen molar-refractivity contribution in [3.8, 4) is 0 Å². The van der Waals surface area contributed by atoms with Gasteiger partial charge in [-0.3, -0.25) is 14.4 Å². The summed E-state index contributed by atoms with van der Waals surface area (Å²) >= 11 is 0. The molecule has 6 heteroatoms. The number of esters is 3. The molecule has 1 unspecified atom stereocenters. The highest BCUT2D eigenvalue weighted by molar-refractivity contribution is 5.71. The van der Waals surface area contributed by atoms with E-state index in [9.17, 15) is 14.4 Å². The first-order valence-corrected chi connectivity index (χ1v) is 29.2. The van der Waals surface area contributed by atoms with Crippen LogP contribution in [0.5, 0.6) is 0 Å². The lowest BCUT2D eigenvalue weighted by atomic mass is 10.0. The van der Waals surface area contributed by atoms with Crippen molar-refractivity contribution >= 4 is 17.9 Å². The average molecular weight is 940 g/mol. The van der Waals surface area contributed by atoms with Crippen LogP contribution in [-0.4, -0.2) is 37.2 Å². The first kappa shape index (κ1) is 64.4. The van der Waals surface area contributed by atoms with Crippen LogP contribution in [0.2, 0.25) is 0 Å². The van der Waals surface area contributed by atoms with Crippen LogP contribution in [0.4, 0.5) is 0 Å². The van der Waals surface area contributed by atoms with E-state index in [1.165, 1.54) is 186 Å². The lowest BCUT2D eigenvalue weighted by Crippen LogP contribution is -2.30. The summed E-state index contributed by atoms with van der Waals surface area (Å²) in [5.41, 5.74) is 0. The molecule has 0 spiro atoms. The molecule has 1 atom stereocenters. The van der Waals surface area contributed by atoms with Gasteiger partial charge in [0.25, 0.3) is 0 Å². The number of allylic oxidation sites excluding steroid dienone is 8. The van der Waals surface area contributed by atoms with Crippen LogP contribution in [0.1, 0.15) is 303 Å².